The number of hydrogen-bond donors (Lipinski definition) is 1. The number of esters is 2. The predicted molar refractivity (Wildman–Crippen MR) is 201 cm³/mol. The largest absolute Gasteiger partial charge is 0.465 e. The Morgan fingerprint density at radius 2 is 1.35 bits per heavy atom. The standard InChI is InChI=1S/C40H43FN8O5/c1-52-39(50)31-20-33(41)34(21-32(31)40(51)53-2)48-22-28(23-48)47-18-16-46(17-19-47)26-10-12-27(13-11-26)49-38-35(37(42)43-24-44-38)36(45-49)25-8-14-30(15-9-25)54-29-6-4-3-5-7-29/h3-9,14-15,20-21,24,26-28H,10-13,16-19,22-23H2,1-2H3,(H2,42,43,44)/t26-,27-. The zero-order valence-corrected chi connectivity index (χ0v) is 30.4. The van der Waals surface area contributed by atoms with Crippen molar-refractivity contribution in [2.24, 2.45) is 0 Å². The van der Waals surface area contributed by atoms with Crippen molar-refractivity contribution < 1.29 is 28.2 Å². The number of rotatable bonds is 9. The molecule has 1 aliphatic carbocycles. The molecule has 13 nitrogen and oxygen atoms in total. The number of methoxy groups -OCH3 is 2. The van der Waals surface area contributed by atoms with Crippen molar-refractivity contribution in [3.8, 4) is 22.8 Å². The third kappa shape index (κ3) is 6.82. The van der Waals surface area contributed by atoms with E-state index in [0.717, 1.165) is 91.7 Å². The molecule has 0 radical (unpaired) electrons. The molecule has 0 atom stereocenters. The molecule has 4 heterocycles. The highest BCUT2D eigenvalue weighted by atomic mass is 19.1. The van der Waals surface area contributed by atoms with E-state index in [0.29, 0.717) is 24.9 Å². The predicted octanol–water partition coefficient (Wildman–Crippen LogP) is 5.57. The average molecular weight is 735 g/mol. The zero-order chi connectivity index (χ0) is 37.3. The Kier molecular flexibility index (Phi) is 9.86. The number of carbonyl (C=O) groups is 2. The van der Waals surface area contributed by atoms with Crippen molar-refractivity contribution in [3.05, 3.63) is 90.0 Å². The number of hydrogen-bond acceptors (Lipinski definition) is 12. The Hall–Kier alpha value is -5.60. The zero-order valence-electron chi connectivity index (χ0n) is 30.4. The van der Waals surface area contributed by atoms with Crippen LogP contribution in [0.2, 0.25) is 0 Å². The van der Waals surface area contributed by atoms with Crippen LogP contribution in [0.15, 0.2) is 73.1 Å². The second kappa shape index (κ2) is 15.0. The first kappa shape index (κ1) is 35.4. The highest BCUT2D eigenvalue weighted by Gasteiger charge is 2.38. The molecule has 2 aliphatic heterocycles. The van der Waals surface area contributed by atoms with E-state index in [2.05, 4.69) is 24.4 Å². The van der Waals surface area contributed by atoms with Crippen LogP contribution >= 0.6 is 0 Å². The molecule has 8 rings (SSSR count). The van der Waals surface area contributed by atoms with Crippen LogP contribution in [0.5, 0.6) is 11.5 Å². The van der Waals surface area contributed by atoms with Crippen LogP contribution in [-0.2, 0) is 9.47 Å². The van der Waals surface area contributed by atoms with Crippen LogP contribution in [0.25, 0.3) is 22.3 Å². The minimum Gasteiger partial charge on any atom is -0.465 e. The number of nitrogens with zero attached hydrogens (tertiary/aromatic N) is 7. The maximum Gasteiger partial charge on any atom is 0.338 e. The summed E-state index contributed by atoms with van der Waals surface area (Å²) in [5.74, 6) is -0.138. The fourth-order valence-electron chi connectivity index (χ4n) is 8.14. The summed E-state index contributed by atoms with van der Waals surface area (Å²) < 4.78 is 32.8. The maximum atomic E-state index is 15.1. The molecule has 2 N–H and O–H groups in total. The van der Waals surface area contributed by atoms with E-state index < -0.39 is 17.8 Å². The third-order valence-electron chi connectivity index (χ3n) is 11.1. The number of halogens is 1. The highest BCUT2D eigenvalue weighted by molar-refractivity contribution is 6.04. The van der Waals surface area contributed by atoms with Crippen LogP contribution in [0, 0.1) is 5.82 Å². The molecular weight excluding hydrogens is 691 g/mol. The molecule has 3 aromatic carbocycles. The van der Waals surface area contributed by atoms with Gasteiger partial charge in [0.05, 0.1) is 42.5 Å². The Bertz CT molecular complexity index is 2140. The second-order valence-electron chi connectivity index (χ2n) is 14.1. The van der Waals surface area contributed by atoms with Gasteiger partial charge < -0.3 is 24.8 Å². The summed E-state index contributed by atoms with van der Waals surface area (Å²) in [4.78, 5) is 40.5. The van der Waals surface area contributed by atoms with Crippen molar-refractivity contribution in [2.45, 2.75) is 43.8 Å². The van der Waals surface area contributed by atoms with Gasteiger partial charge in [-0.2, -0.15) is 5.10 Å². The van der Waals surface area contributed by atoms with E-state index in [-0.39, 0.29) is 28.9 Å². The van der Waals surface area contributed by atoms with Crippen LogP contribution < -0.4 is 15.4 Å². The summed E-state index contributed by atoms with van der Waals surface area (Å²) in [6.45, 7) is 5.11. The van der Waals surface area contributed by atoms with Crippen LogP contribution in [0.4, 0.5) is 15.9 Å². The minimum absolute atomic E-state index is 0.00823. The third-order valence-corrected chi connectivity index (χ3v) is 11.1. The van der Waals surface area contributed by atoms with Gasteiger partial charge in [-0.15, -0.1) is 0 Å². The van der Waals surface area contributed by atoms with E-state index in [1.807, 2.05) is 59.5 Å². The Morgan fingerprint density at radius 1 is 0.759 bits per heavy atom. The second-order valence-corrected chi connectivity index (χ2v) is 14.1. The van der Waals surface area contributed by atoms with Gasteiger partial charge >= 0.3 is 11.9 Å². The smallest absolute Gasteiger partial charge is 0.338 e. The number of fused-ring (bicyclic) bond motifs is 1. The van der Waals surface area contributed by atoms with E-state index in [1.54, 1.807) is 0 Å². The average Bonchev–Trinajstić information content (AvgIpc) is 3.59. The van der Waals surface area contributed by atoms with Crippen molar-refractivity contribution in [3.63, 3.8) is 0 Å². The Labute approximate surface area is 312 Å². The molecule has 3 fully saturated rings. The molecule has 5 aromatic rings. The Morgan fingerprint density at radius 3 is 2.00 bits per heavy atom. The lowest BCUT2D eigenvalue weighted by Crippen LogP contribution is -2.64. The molecule has 280 valence electrons. The lowest BCUT2D eigenvalue weighted by atomic mass is 9.89. The first-order valence-electron chi connectivity index (χ1n) is 18.4. The topological polar surface area (TPSA) is 141 Å². The lowest BCUT2D eigenvalue weighted by molar-refractivity contribution is 0.0436. The molecule has 1 saturated carbocycles. The minimum atomic E-state index is -0.787. The molecule has 2 saturated heterocycles. The summed E-state index contributed by atoms with van der Waals surface area (Å²) >= 11 is 0. The van der Waals surface area contributed by atoms with Gasteiger partial charge in [0.25, 0.3) is 0 Å². The number of ether oxygens (including phenoxy) is 3. The first-order chi connectivity index (χ1) is 26.3. The fraction of sp³-hybridized carbons (Fsp3) is 0.375. The number of para-hydroxylation sites is 1. The molecule has 54 heavy (non-hydrogen) atoms. The number of anilines is 2. The molecule has 0 spiro atoms. The molecule has 14 heteroatoms. The summed E-state index contributed by atoms with van der Waals surface area (Å²) in [5, 5.41) is 5.88. The number of carbonyl (C=O) groups excluding carboxylic acids is 2. The van der Waals surface area contributed by atoms with Crippen LogP contribution in [-0.4, -0.2) is 107 Å². The van der Waals surface area contributed by atoms with Crippen molar-refractivity contribution in [1.82, 2.24) is 29.5 Å². The number of benzene rings is 3. The quantitative estimate of drug-likeness (QED) is 0.189. The van der Waals surface area contributed by atoms with E-state index in [4.69, 9.17) is 25.0 Å². The van der Waals surface area contributed by atoms with Gasteiger partial charge in [0.2, 0.25) is 0 Å². The lowest BCUT2D eigenvalue weighted by Gasteiger charge is -2.50. The summed E-state index contributed by atoms with van der Waals surface area (Å²) in [6.07, 6.45) is 5.61. The number of aromatic nitrogens is 4. The van der Waals surface area contributed by atoms with Gasteiger partial charge in [-0.3, -0.25) is 9.80 Å². The normalized spacial score (nSPS) is 19.7. The van der Waals surface area contributed by atoms with Gasteiger partial charge in [-0.1, -0.05) is 18.2 Å². The molecular formula is C40H43FN8O5. The summed E-state index contributed by atoms with van der Waals surface area (Å²) in [6, 6.07) is 21.0. The van der Waals surface area contributed by atoms with E-state index in [9.17, 15) is 9.59 Å². The SMILES string of the molecule is COC(=O)c1cc(F)c(N2CC(N3CCN([C@H]4CC[C@H](n5nc(-c6ccc(Oc7ccccc7)cc6)c6c(N)ncnc65)CC4)CC3)C2)cc1C(=O)OC. The van der Waals surface area contributed by atoms with Gasteiger partial charge in [0.1, 0.15) is 35.2 Å². The van der Waals surface area contributed by atoms with Crippen molar-refractivity contribution in [2.75, 3.05) is 64.1 Å². The van der Waals surface area contributed by atoms with Crippen molar-refractivity contribution >= 4 is 34.5 Å². The summed E-state index contributed by atoms with van der Waals surface area (Å²) in [7, 11) is 2.42. The van der Waals surface area contributed by atoms with Gasteiger partial charge in [-0.25, -0.2) is 28.6 Å². The molecule has 2 aromatic heterocycles. The highest BCUT2D eigenvalue weighted by Crippen LogP contribution is 2.38. The molecule has 0 amide bonds. The molecule has 0 unspecified atom stereocenters. The van der Waals surface area contributed by atoms with Gasteiger partial charge in [0, 0.05) is 56.9 Å². The van der Waals surface area contributed by atoms with E-state index in [1.165, 1.54) is 26.6 Å². The van der Waals surface area contributed by atoms with Crippen LogP contribution in [0.1, 0.15) is 52.4 Å². The molecule has 0 bridgehead atoms. The number of nitrogen functional groups attached to an aromatic ring is 1. The maximum absolute atomic E-state index is 15.1. The number of nitrogens with two attached hydrogens (primary N) is 1. The van der Waals surface area contributed by atoms with Gasteiger partial charge in [-0.05, 0) is 74.2 Å². The van der Waals surface area contributed by atoms with E-state index >= 15 is 4.39 Å². The summed E-state index contributed by atoms with van der Waals surface area (Å²) in [5.41, 5.74) is 9.01. The van der Waals surface area contributed by atoms with Crippen molar-refractivity contribution in [1.29, 1.82) is 0 Å². The Balaban J connectivity index is 0.871. The monoisotopic (exact) mass is 734 g/mol. The molecule has 3 aliphatic rings. The fourth-order valence-corrected chi connectivity index (χ4v) is 8.14. The first-order valence-corrected chi connectivity index (χ1v) is 18.4. The number of piperazine rings is 1. The van der Waals surface area contributed by atoms with Crippen LogP contribution in [0.3, 0.4) is 0 Å². The van der Waals surface area contributed by atoms with Gasteiger partial charge in [0.15, 0.2) is 5.65 Å².